The van der Waals surface area contributed by atoms with Gasteiger partial charge < -0.3 is 24.5 Å². The first-order valence-corrected chi connectivity index (χ1v) is 17.4. The molecule has 3 amide bonds. The quantitative estimate of drug-likeness (QED) is 0.287. The summed E-state index contributed by atoms with van der Waals surface area (Å²) in [5.74, 6) is -0.296. The van der Waals surface area contributed by atoms with E-state index in [0.717, 1.165) is 66.5 Å². The first-order valence-electron chi connectivity index (χ1n) is 17.4. The number of morpholine rings is 1. The van der Waals surface area contributed by atoms with Gasteiger partial charge in [0, 0.05) is 64.3 Å². The van der Waals surface area contributed by atoms with Crippen molar-refractivity contribution in [3.63, 3.8) is 0 Å². The molecule has 3 aliphatic heterocycles. The molecule has 256 valence electrons. The van der Waals surface area contributed by atoms with Crippen molar-refractivity contribution >= 4 is 28.8 Å². The van der Waals surface area contributed by atoms with Crippen molar-refractivity contribution in [2.45, 2.75) is 51.7 Å². The minimum absolute atomic E-state index is 0.0707. The van der Waals surface area contributed by atoms with Crippen LogP contribution >= 0.6 is 0 Å². The third-order valence-corrected chi connectivity index (χ3v) is 10.2. The Kier molecular flexibility index (Phi) is 9.38. The molecule has 0 spiro atoms. The highest BCUT2D eigenvalue weighted by molar-refractivity contribution is 6.06. The van der Waals surface area contributed by atoms with Crippen molar-refractivity contribution in [2.75, 3.05) is 53.0 Å². The van der Waals surface area contributed by atoms with E-state index in [1.165, 1.54) is 10.5 Å². The summed E-state index contributed by atoms with van der Waals surface area (Å²) >= 11 is 0. The average molecular weight is 665 g/mol. The number of benzene rings is 3. The Hall–Kier alpha value is -4.74. The SMILES string of the molecule is CCCCN(C)C(=O)c1nn(-c2cc3c(cc2C(=O)N2Cc4ccccc4C[C@H]2CN2CCOCC2)CN(C(=O)O)CC3)c2ccccc12. The molecule has 11 heteroatoms. The zero-order valence-electron chi connectivity index (χ0n) is 28.3. The van der Waals surface area contributed by atoms with Crippen LogP contribution in [0.4, 0.5) is 4.79 Å². The number of rotatable bonds is 8. The number of para-hydroxylation sites is 1. The van der Waals surface area contributed by atoms with Crippen LogP contribution in [0.2, 0.25) is 0 Å². The minimum Gasteiger partial charge on any atom is -0.465 e. The fraction of sp³-hybridized carbons (Fsp3) is 0.421. The minimum atomic E-state index is -0.978. The number of carbonyl (C=O) groups is 3. The number of hydrogen-bond acceptors (Lipinski definition) is 6. The molecule has 1 atom stereocenters. The van der Waals surface area contributed by atoms with Gasteiger partial charge in [-0.25, -0.2) is 9.48 Å². The number of carbonyl (C=O) groups excluding carboxylic acids is 2. The number of aromatic nitrogens is 2. The first-order chi connectivity index (χ1) is 23.8. The highest BCUT2D eigenvalue weighted by Gasteiger charge is 2.35. The molecule has 0 aliphatic carbocycles. The highest BCUT2D eigenvalue weighted by Crippen LogP contribution is 2.33. The van der Waals surface area contributed by atoms with E-state index in [1.54, 1.807) is 16.6 Å². The van der Waals surface area contributed by atoms with Crippen molar-refractivity contribution in [1.29, 1.82) is 0 Å². The fourth-order valence-corrected chi connectivity index (χ4v) is 7.42. The van der Waals surface area contributed by atoms with Crippen LogP contribution in [0.15, 0.2) is 60.7 Å². The van der Waals surface area contributed by atoms with Crippen LogP contribution < -0.4 is 0 Å². The Labute approximate surface area is 286 Å². The van der Waals surface area contributed by atoms with E-state index in [2.05, 4.69) is 30.0 Å². The van der Waals surface area contributed by atoms with Gasteiger partial charge in [0.1, 0.15) is 0 Å². The Balaban J connectivity index is 1.35. The van der Waals surface area contributed by atoms with E-state index >= 15 is 4.79 Å². The van der Waals surface area contributed by atoms with Crippen LogP contribution in [0.1, 0.15) is 62.9 Å². The number of unbranched alkanes of at least 4 members (excludes halogenated alkanes) is 1. The first kappa shape index (κ1) is 32.8. The molecule has 0 radical (unpaired) electrons. The third-order valence-electron chi connectivity index (χ3n) is 10.2. The van der Waals surface area contributed by atoms with Crippen LogP contribution in [0.3, 0.4) is 0 Å². The summed E-state index contributed by atoms with van der Waals surface area (Å²) in [5.41, 5.74) is 6.30. The number of amides is 3. The lowest BCUT2D eigenvalue weighted by Gasteiger charge is -2.41. The third kappa shape index (κ3) is 6.52. The second kappa shape index (κ2) is 14.0. The molecule has 1 fully saturated rings. The van der Waals surface area contributed by atoms with Gasteiger partial charge in [-0.15, -0.1) is 0 Å². The molecule has 3 aliphatic rings. The molecule has 1 saturated heterocycles. The van der Waals surface area contributed by atoms with Crippen LogP contribution in [0.5, 0.6) is 0 Å². The largest absolute Gasteiger partial charge is 0.465 e. The predicted octanol–water partition coefficient (Wildman–Crippen LogP) is 4.83. The van der Waals surface area contributed by atoms with Crippen molar-refractivity contribution < 1.29 is 24.2 Å². The van der Waals surface area contributed by atoms with Crippen molar-refractivity contribution in [3.8, 4) is 5.69 Å². The van der Waals surface area contributed by atoms with Gasteiger partial charge in [-0.05, 0) is 59.7 Å². The van der Waals surface area contributed by atoms with Crippen LogP contribution in [0.25, 0.3) is 16.6 Å². The van der Waals surface area contributed by atoms with E-state index < -0.39 is 6.09 Å². The molecule has 11 nitrogen and oxygen atoms in total. The molecule has 4 heterocycles. The Morgan fingerprint density at radius 3 is 2.47 bits per heavy atom. The van der Waals surface area contributed by atoms with Gasteiger partial charge in [0.25, 0.3) is 11.8 Å². The lowest BCUT2D eigenvalue weighted by atomic mass is 9.91. The van der Waals surface area contributed by atoms with Gasteiger partial charge in [-0.1, -0.05) is 55.8 Å². The second-order valence-electron chi connectivity index (χ2n) is 13.4. The standard InChI is InChI=1S/C38H44N6O5/c1-3-4-14-40(2)37(46)35-31-11-7-8-12-33(31)44(39-35)34-22-27-13-15-42(38(47)48)23-29(27)21-32(34)36(45)43-24-28-10-6-5-9-26(28)20-30(43)25-41-16-18-49-19-17-41/h5-12,21-22,30H,3-4,13-20,23-25H2,1-2H3,(H,47,48)/t30-/m0/s1. The maximum Gasteiger partial charge on any atom is 0.407 e. The number of ether oxygens (including phenoxy) is 1. The van der Waals surface area contributed by atoms with Crippen LogP contribution in [0, 0.1) is 0 Å². The lowest BCUT2D eigenvalue weighted by Crippen LogP contribution is -2.52. The molecule has 4 aromatic rings. The number of hydrogen-bond donors (Lipinski definition) is 1. The average Bonchev–Trinajstić information content (AvgIpc) is 3.52. The molecule has 49 heavy (non-hydrogen) atoms. The van der Waals surface area contributed by atoms with Gasteiger partial charge in [0.2, 0.25) is 0 Å². The normalized spacial score (nSPS) is 17.9. The summed E-state index contributed by atoms with van der Waals surface area (Å²) in [7, 11) is 1.80. The van der Waals surface area contributed by atoms with E-state index in [-0.39, 0.29) is 24.4 Å². The van der Waals surface area contributed by atoms with Crippen molar-refractivity contribution in [2.24, 2.45) is 0 Å². The highest BCUT2D eigenvalue weighted by atomic mass is 16.5. The maximum atomic E-state index is 15.1. The summed E-state index contributed by atoms with van der Waals surface area (Å²) in [6, 6.07) is 19.8. The smallest absolute Gasteiger partial charge is 0.407 e. The summed E-state index contributed by atoms with van der Waals surface area (Å²) in [6.07, 6.45) is 2.14. The lowest BCUT2D eigenvalue weighted by molar-refractivity contribution is 0.0192. The zero-order valence-corrected chi connectivity index (χ0v) is 28.3. The zero-order chi connectivity index (χ0) is 34.1. The molecule has 1 aromatic heterocycles. The molecule has 7 rings (SSSR count). The Bertz CT molecular complexity index is 1880. The van der Waals surface area contributed by atoms with E-state index in [9.17, 15) is 14.7 Å². The van der Waals surface area contributed by atoms with Gasteiger partial charge in [0.15, 0.2) is 5.69 Å². The molecule has 0 unspecified atom stereocenters. The fourth-order valence-electron chi connectivity index (χ4n) is 7.42. The van der Waals surface area contributed by atoms with E-state index in [0.29, 0.717) is 56.2 Å². The maximum absolute atomic E-state index is 15.1. The monoisotopic (exact) mass is 664 g/mol. The topological polar surface area (TPSA) is 111 Å². The summed E-state index contributed by atoms with van der Waals surface area (Å²) in [4.78, 5) is 48.3. The molecule has 1 N–H and O–H groups in total. The van der Waals surface area contributed by atoms with Crippen LogP contribution in [-0.2, 0) is 30.7 Å². The van der Waals surface area contributed by atoms with E-state index in [1.807, 2.05) is 47.4 Å². The van der Waals surface area contributed by atoms with Crippen molar-refractivity contribution in [3.05, 3.63) is 94.2 Å². The Morgan fingerprint density at radius 1 is 0.939 bits per heavy atom. The molecule has 3 aromatic carbocycles. The van der Waals surface area contributed by atoms with Crippen molar-refractivity contribution in [1.82, 2.24) is 29.4 Å². The number of carboxylic acid groups (broad SMARTS) is 1. The number of fused-ring (bicyclic) bond motifs is 3. The molecule has 0 saturated carbocycles. The molecule has 0 bridgehead atoms. The summed E-state index contributed by atoms with van der Waals surface area (Å²) < 4.78 is 7.37. The van der Waals surface area contributed by atoms with E-state index in [4.69, 9.17) is 9.84 Å². The summed E-state index contributed by atoms with van der Waals surface area (Å²) in [5, 5.41) is 15.5. The van der Waals surface area contributed by atoms with Gasteiger partial charge in [-0.3, -0.25) is 14.5 Å². The van der Waals surface area contributed by atoms with Gasteiger partial charge in [-0.2, -0.15) is 5.10 Å². The number of nitrogens with zero attached hydrogens (tertiary/aromatic N) is 6. The van der Waals surface area contributed by atoms with Gasteiger partial charge in [0.05, 0.1) is 30.0 Å². The predicted molar refractivity (Wildman–Crippen MR) is 186 cm³/mol. The second-order valence-corrected chi connectivity index (χ2v) is 13.4. The summed E-state index contributed by atoms with van der Waals surface area (Å²) in [6.45, 7) is 7.47. The molecular formula is C38H44N6O5. The molecular weight excluding hydrogens is 620 g/mol. The van der Waals surface area contributed by atoms with Gasteiger partial charge >= 0.3 is 6.09 Å². The van der Waals surface area contributed by atoms with Crippen LogP contribution in [-0.4, -0.2) is 111 Å². The Morgan fingerprint density at radius 2 is 1.69 bits per heavy atom.